The molecule has 2 heteroatoms. The molecule has 0 spiro atoms. The fraction of sp³-hybridized carbons (Fsp3) is 0.273. The van der Waals surface area contributed by atoms with E-state index in [0.29, 0.717) is 18.1 Å². The average molecular weight is 176 g/mol. The van der Waals surface area contributed by atoms with E-state index in [2.05, 4.69) is 5.92 Å². The predicted molar refractivity (Wildman–Crippen MR) is 52.1 cm³/mol. The summed E-state index contributed by atoms with van der Waals surface area (Å²) in [6, 6.07) is 5.42. The minimum Gasteiger partial charge on any atom is -0.493 e. The third-order valence-corrected chi connectivity index (χ3v) is 1.63. The zero-order valence-electron chi connectivity index (χ0n) is 7.83. The standard InChI is InChI=1S/C11H12O2/c1-4-9-6-7-10(12-3)11(8-9)13-5-2/h1,6-8H,5H2,2-3H3. The van der Waals surface area contributed by atoms with Crippen LogP contribution in [-0.4, -0.2) is 13.7 Å². The van der Waals surface area contributed by atoms with Gasteiger partial charge in [0.25, 0.3) is 0 Å². The Morgan fingerprint density at radius 1 is 1.38 bits per heavy atom. The molecule has 1 rings (SSSR count). The van der Waals surface area contributed by atoms with Crippen LogP contribution in [0, 0.1) is 12.3 Å². The van der Waals surface area contributed by atoms with E-state index in [0.717, 1.165) is 5.56 Å². The van der Waals surface area contributed by atoms with Gasteiger partial charge in [-0.3, -0.25) is 0 Å². The van der Waals surface area contributed by atoms with Gasteiger partial charge in [0.05, 0.1) is 13.7 Å². The molecule has 0 saturated heterocycles. The Hall–Kier alpha value is -1.62. The molecule has 0 saturated carbocycles. The van der Waals surface area contributed by atoms with Crippen molar-refractivity contribution in [2.75, 3.05) is 13.7 Å². The normalized spacial score (nSPS) is 9.00. The van der Waals surface area contributed by atoms with Gasteiger partial charge < -0.3 is 9.47 Å². The summed E-state index contributed by atoms with van der Waals surface area (Å²) in [5.41, 5.74) is 0.796. The highest BCUT2D eigenvalue weighted by Gasteiger charge is 2.03. The quantitative estimate of drug-likeness (QED) is 0.656. The topological polar surface area (TPSA) is 18.5 Å². The van der Waals surface area contributed by atoms with Gasteiger partial charge in [0.2, 0.25) is 0 Å². The second-order valence-electron chi connectivity index (χ2n) is 2.44. The molecule has 0 aromatic heterocycles. The van der Waals surface area contributed by atoms with Crippen LogP contribution in [0.1, 0.15) is 12.5 Å². The number of methoxy groups -OCH3 is 1. The highest BCUT2D eigenvalue weighted by Crippen LogP contribution is 2.27. The lowest BCUT2D eigenvalue weighted by molar-refractivity contribution is 0.311. The summed E-state index contributed by atoms with van der Waals surface area (Å²) in [4.78, 5) is 0. The minimum absolute atomic E-state index is 0.602. The molecule has 0 fully saturated rings. The molecule has 0 aliphatic rings. The number of benzene rings is 1. The molecule has 0 unspecified atom stereocenters. The number of terminal acetylenes is 1. The Balaban J connectivity index is 3.04. The summed E-state index contributed by atoms with van der Waals surface area (Å²) in [6.45, 7) is 2.52. The third-order valence-electron chi connectivity index (χ3n) is 1.63. The van der Waals surface area contributed by atoms with E-state index in [4.69, 9.17) is 15.9 Å². The van der Waals surface area contributed by atoms with Crippen molar-refractivity contribution in [3.8, 4) is 23.8 Å². The van der Waals surface area contributed by atoms with E-state index < -0.39 is 0 Å². The SMILES string of the molecule is C#Cc1ccc(OC)c(OCC)c1. The first-order chi connectivity index (χ1) is 6.31. The molecule has 1 aromatic carbocycles. The van der Waals surface area contributed by atoms with E-state index in [-0.39, 0.29) is 0 Å². The van der Waals surface area contributed by atoms with Crippen LogP contribution in [0.2, 0.25) is 0 Å². The zero-order chi connectivity index (χ0) is 9.68. The molecule has 0 aliphatic heterocycles. The van der Waals surface area contributed by atoms with Gasteiger partial charge in [0, 0.05) is 5.56 Å². The maximum Gasteiger partial charge on any atom is 0.162 e. The summed E-state index contributed by atoms with van der Waals surface area (Å²) in [7, 11) is 1.60. The lowest BCUT2D eigenvalue weighted by atomic mass is 10.2. The lowest BCUT2D eigenvalue weighted by Gasteiger charge is -2.08. The Labute approximate surface area is 78.5 Å². The number of hydrogen-bond donors (Lipinski definition) is 0. The van der Waals surface area contributed by atoms with Crippen LogP contribution in [0.3, 0.4) is 0 Å². The van der Waals surface area contributed by atoms with Crippen LogP contribution in [0.4, 0.5) is 0 Å². The smallest absolute Gasteiger partial charge is 0.162 e. The van der Waals surface area contributed by atoms with Crippen molar-refractivity contribution >= 4 is 0 Å². The highest BCUT2D eigenvalue weighted by molar-refractivity contribution is 5.47. The molecule has 0 heterocycles. The Kier molecular flexibility index (Phi) is 3.22. The lowest BCUT2D eigenvalue weighted by Crippen LogP contribution is -1.95. The van der Waals surface area contributed by atoms with E-state index >= 15 is 0 Å². The molecule has 0 N–H and O–H groups in total. The van der Waals surface area contributed by atoms with Crippen molar-refractivity contribution in [2.45, 2.75) is 6.92 Å². The summed E-state index contributed by atoms with van der Waals surface area (Å²) in [6.07, 6.45) is 5.26. The van der Waals surface area contributed by atoms with E-state index in [1.54, 1.807) is 19.2 Å². The number of hydrogen-bond acceptors (Lipinski definition) is 2. The van der Waals surface area contributed by atoms with Crippen LogP contribution in [0.25, 0.3) is 0 Å². The fourth-order valence-electron chi connectivity index (χ4n) is 1.03. The molecule has 13 heavy (non-hydrogen) atoms. The monoisotopic (exact) mass is 176 g/mol. The molecule has 2 nitrogen and oxygen atoms in total. The van der Waals surface area contributed by atoms with Gasteiger partial charge >= 0.3 is 0 Å². The van der Waals surface area contributed by atoms with Crippen molar-refractivity contribution in [1.82, 2.24) is 0 Å². The van der Waals surface area contributed by atoms with Gasteiger partial charge in [-0.05, 0) is 25.1 Å². The first-order valence-electron chi connectivity index (χ1n) is 4.09. The third kappa shape index (κ3) is 2.16. The maximum atomic E-state index is 5.35. The molecular weight excluding hydrogens is 164 g/mol. The van der Waals surface area contributed by atoms with Crippen molar-refractivity contribution < 1.29 is 9.47 Å². The first kappa shape index (κ1) is 9.47. The Morgan fingerprint density at radius 3 is 2.69 bits per heavy atom. The number of rotatable bonds is 3. The van der Waals surface area contributed by atoms with E-state index in [9.17, 15) is 0 Å². The summed E-state index contributed by atoms with van der Waals surface area (Å²) < 4.78 is 10.5. The second-order valence-corrected chi connectivity index (χ2v) is 2.44. The van der Waals surface area contributed by atoms with Crippen molar-refractivity contribution in [2.24, 2.45) is 0 Å². The van der Waals surface area contributed by atoms with Crippen molar-refractivity contribution in [3.63, 3.8) is 0 Å². The fourth-order valence-corrected chi connectivity index (χ4v) is 1.03. The zero-order valence-corrected chi connectivity index (χ0v) is 7.83. The Morgan fingerprint density at radius 2 is 2.15 bits per heavy atom. The van der Waals surface area contributed by atoms with Crippen LogP contribution in [-0.2, 0) is 0 Å². The molecular formula is C11H12O2. The molecule has 0 amide bonds. The molecule has 0 atom stereocenters. The summed E-state index contributed by atoms with van der Waals surface area (Å²) >= 11 is 0. The van der Waals surface area contributed by atoms with E-state index in [1.165, 1.54) is 0 Å². The number of ether oxygens (including phenoxy) is 2. The maximum absolute atomic E-state index is 5.35. The average Bonchev–Trinajstić information content (AvgIpc) is 2.18. The highest BCUT2D eigenvalue weighted by atomic mass is 16.5. The molecule has 0 bridgehead atoms. The van der Waals surface area contributed by atoms with Crippen LogP contribution < -0.4 is 9.47 Å². The molecule has 1 aromatic rings. The van der Waals surface area contributed by atoms with E-state index in [1.807, 2.05) is 13.0 Å². The first-order valence-corrected chi connectivity index (χ1v) is 4.09. The molecule has 68 valence electrons. The Bertz CT molecular complexity index is 323. The minimum atomic E-state index is 0.602. The van der Waals surface area contributed by atoms with Gasteiger partial charge in [-0.2, -0.15) is 0 Å². The van der Waals surface area contributed by atoms with Gasteiger partial charge in [-0.25, -0.2) is 0 Å². The van der Waals surface area contributed by atoms with Crippen molar-refractivity contribution in [3.05, 3.63) is 23.8 Å². The van der Waals surface area contributed by atoms with Gasteiger partial charge in [0.1, 0.15) is 0 Å². The van der Waals surface area contributed by atoms with Crippen LogP contribution in [0.15, 0.2) is 18.2 Å². The summed E-state index contributed by atoms with van der Waals surface area (Å²) in [5, 5.41) is 0. The largest absolute Gasteiger partial charge is 0.493 e. The predicted octanol–water partition coefficient (Wildman–Crippen LogP) is 2.08. The van der Waals surface area contributed by atoms with Gasteiger partial charge in [0.15, 0.2) is 11.5 Å². The van der Waals surface area contributed by atoms with Crippen molar-refractivity contribution in [1.29, 1.82) is 0 Å². The van der Waals surface area contributed by atoms with Crippen LogP contribution in [0.5, 0.6) is 11.5 Å². The van der Waals surface area contributed by atoms with Crippen LogP contribution >= 0.6 is 0 Å². The molecule has 0 radical (unpaired) electrons. The van der Waals surface area contributed by atoms with Gasteiger partial charge in [-0.15, -0.1) is 6.42 Å². The summed E-state index contributed by atoms with van der Waals surface area (Å²) in [5.74, 6) is 3.95. The second kappa shape index (κ2) is 4.42. The molecule has 0 aliphatic carbocycles. The van der Waals surface area contributed by atoms with Gasteiger partial charge in [-0.1, -0.05) is 5.92 Å².